The summed E-state index contributed by atoms with van der Waals surface area (Å²) in [7, 11) is -3.72. The zero-order valence-electron chi connectivity index (χ0n) is 10.8. The van der Waals surface area contributed by atoms with Crippen molar-refractivity contribution in [3.63, 3.8) is 0 Å². The van der Waals surface area contributed by atoms with Crippen molar-refractivity contribution in [3.8, 4) is 5.75 Å². The van der Waals surface area contributed by atoms with Gasteiger partial charge >= 0.3 is 0 Å². The first-order valence-corrected chi connectivity index (χ1v) is 7.41. The predicted octanol–water partition coefficient (Wildman–Crippen LogP) is 2.36. The van der Waals surface area contributed by atoms with Crippen molar-refractivity contribution in [1.82, 2.24) is 0 Å². The molecule has 2 aromatic rings. The molecule has 4 nitrogen and oxygen atoms in total. The van der Waals surface area contributed by atoms with Crippen LogP contribution in [-0.4, -0.2) is 8.42 Å². The molecule has 6 heteroatoms. The van der Waals surface area contributed by atoms with Crippen molar-refractivity contribution in [2.75, 3.05) is 0 Å². The number of sulfonamides is 1. The number of primary sulfonamides is 1. The highest BCUT2D eigenvalue weighted by molar-refractivity contribution is 7.89. The molecular weight excluding hydrogens is 281 g/mol. The smallest absolute Gasteiger partial charge is 0.238 e. The second-order valence-electron chi connectivity index (χ2n) is 4.39. The summed E-state index contributed by atoms with van der Waals surface area (Å²) in [5.74, 6) is 0.223. The Morgan fingerprint density at radius 2 is 1.80 bits per heavy atom. The van der Waals surface area contributed by atoms with Crippen LogP contribution in [0.2, 0.25) is 0 Å². The van der Waals surface area contributed by atoms with E-state index in [1.165, 1.54) is 24.3 Å². The SMILES string of the molecule is Cc1cc(OCc2ccc(F)cc2)ccc1S(N)(=O)=O. The third-order valence-corrected chi connectivity index (χ3v) is 3.84. The van der Waals surface area contributed by atoms with Crippen LogP contribution >= 0.6 is 0 Å². The number of nitrogens with two attached hydrogens (primary N) is 1. The fourth-order valence-corrected chi connectivity index (χ4v) is 2.54. The van der Waals surface area contributed by atoms with Gasteiger partial charge in [0.1, 0.15) is 18.2 Å². The van der Waals surface area contributed by atoms with Crippen molar-refractivity contribution in [2.24, 2.45) is 5.14 Å². The zero-order valence-corrected chi connectivity index (χ0v) is 11.7. The standard InChI is InChI=1S/C14H14FNO3S/c1-10-8-13(6-7-14(10)20(16,17)18)19-9-11-2-4-12(15)5-3-11/h2-8H,9H2,1H3,(H2,16,17,18). The van der Waals surface area contributed by atoms with E-state index in [9.17, 15) is 12.8 Å². The van der Waals surface area contributed by atoms with Crippen molar-refractivity contribution < 1.29 is 17.5 Å². The molecule has 0 saturated carbocycles. The van der Waals surface area contributed by atoms with Gasteiger partial charge in [0.2, 0.25) is 10.0 Å². The van der Waals surface area contributed by atoms with E-state index in [1.807, 2.05) is 0 Å². The van der Waals surface area contributed by atoms with Gasteiger partial charge in [-0.3, -0.25) is 0 Å². The molecule has 106 valence electrons. The van der Waals surface area contributed by atoms with Crippen LogP contribution in [0.1, 0.15) is 11.1 Å². The average Bonchev–Trinajstić information content (AvgIpc) is 2.36. The molecule has 2 N–H and O–H groups in total. The fourth-order valence-electron chi connectivity index (χ4n) is 1.78. The maximum Gasteiger partial charge on any atom is 0.238 e. The maximum absolute atomic E-state index is 12.7. The number of halogens is 1. The quantitative estimate of drug-likeness (QED) is 0.941. The number of ether oxygens (including phenoxy) is 1. The molecule has 0 amide bonds. The van der Waals surface area contributed by atoms with Crippen molar-refractivity contribution in [2.45, 2.75) is 18.4 Å². The molecule has 0 fully saturated rings. The summed E-state index contributed by atoms with van der Waals surface area (Å²) < 4.78 is 40.8. The number of aryl methyl sites for hydroxylation is 1. The number of hydrogen-bond donors (Lipinski definition) is 1. The molecule has 0 aliphatic rings. The van der Waals surface area contributed by atoms with E-state index in [0.717, 1.165) is 5.56 Å². The maximum atomic E-state index is 12.7. The van der Waals surface area contributed by atoms with E-state index < -0.39 is 10.0 Å². The molecule has 0 aliphatic carbocycles. The monoisotopic (exact) mass is 295 g/mol. The summed E-state index contributed by atoms with van der Waals surface area (Å²) in [5, 5.41) is 5.08. The molecule has 0 aliphatic heterocycles. The third kappa shape index (κ3) is 3.55. The summed E-state index contributed by atoms with van der Waals surface area (Å²) in [6.45, 7) is 1.92. The van der Waals surface area contributed by atoms with Gasteiger partial charge in [-0.1, -0.05) is 12.1 Å². The van der Waals surface area contributed by atoms with Gasteiger partial charge in [0.15, 0.2) is 0 Å². The number of hydrogen-bond acceptors (Lipinski definition) is 3. The second-order valence-corrected chi connectivity index (χ2v) is 5.92. The van der Waals surface area contributed by atoms with Gasteiger partial charge in [0, 0.05) is 0 Å². The number of benzene rings is 2. The van der Waals surface area contributed by atoms with Crippen LogP contribution in [0.15, 0.2) is 47.4 Å². The van der Waals surface area contributed by atoms with E-state index in [1.54, 1.807) is 25.1 Å². The highest BCUT2D eigenvalue weighted by Crippen LogP contribution is 2.21. The largest absolute Gasteiger partial charge is 0.489 e. The van der Waals surface area contributed by atoms with Crippen LogP contribution in [0.5, 0.6) is 5.75 Å². The van der Waals surface area contributed by atoms with Gasteiger partial charge in [-0.25, -0.2) is 17.9 Å². The van der Waals surface area contributed by atoms with Crippen LogP contribution < -0.4 is 9.88 Å². The molecule has 0 atom stereocenters. The van der Waals surface area contributed by atoms with E-state index in [-0.39, 0.29) is 17.3 Å². The first-order chi connectivity index (χ1) is 9.36. The van der Waals surface area contributed by atoms with Crippen molar-refractivity contribution in [1.29, 1.82) is 0 Å². The van der Waals surface area contributed by atoms with E-state index in [2.05, 4.69) is 0 Å². The van der Waals surface area contributed by atoms with Gasteiger partial charge in [0.05, 0.1) is 4.90 Å². The summed E-state index contributed by atoms with van der Waals surface area (Å²) in [6.07, 6.45) is 0. The third-order valence-electron chi connectivity index (χ3n) is 2.77. The van der Waals surface area contributed by atoms with Crippen LogP contribution in [0.25, 0.3) is 0 Å². The Bertz CT molecular complexity index is 712. The Labute approximate surface area is 117 Å². The lowest BCUT2D eigenvalue weighted by Crippen LogP contribution is -2.13. The summed E-state index contributed by atoms with van der Waals surface area (Å²) >= 11 is 0. The summed E-state index contributed by atoms with van der Waals surface area (Å²) in [4.78, 5) is 0.0756. The molecule has 2 aromatic carbocycles. The van der Waals surface area contributed by atoms with E-state index in [4.69, 9.17) is 9.88 Å². The van der Waals surface area contributed by atoms with Crippen LogP contribution in [0.3, 0.4) is 0 Å². The topological polar surface area (TPSA) is 69.4 Å². The van der Waals surface area contributed by atoms with E-state index >= 15 is 0 Å². The predicted molar refractivity (Wildman–Crippen MR) is 73.3 cm³/mol. The lowest BCUT2D eigenvalue weighted by Gasteiger charge is -2.09. The first-order valence-electron chi connectivity index (χ1n) is 5.87. The molecule has 0 aromatic heterocycles. The van der Waals surface area contributed by atoms with Gasteiger partial charge < -0.3 is 4.74 Å². The average molecular weight is 295 g/mol. The molecular formula is C14H14FNO3S. The fraction of sp³-hybridized carbons (Fsp3) is 0.143. The highest BCUT2D eigenvalue weighted by Gasteiger charge is 2.11. The van der Waals surface area contributed by atoms with Crippen molar-refractivity contribution in [3.05, 3.63) is 59.4 Å². The van der Waals surface area contributed by atoms with E-state index in [0.29, 0.717) is 11.3 Å². The Morgan fingerprint density at radius 3 is 2.35 bits per heavy atom. The van der Waals surface area contributed by atoms with Gasteiger partial charge in [-0.2, -0.15) is 0 Å². The molecule has 2 rings (SSSR count). The Balaban J connectivity index is 2.11. The molecule has 0 heterocycles. The number of rotatable bonds is 4. The molecule has 0 spiro atoms. The van der Waals surface area contributed by atoms with Gasteiger partial charge in [-0.15, -0.1) is 0 Å². The summed E-state index contributed by atoms with van der Waals surface area (Å²) in [5.41, 5.74) is 1.34. The van der Waals surface area contributed by atoms with Gasteiger partial charge in [0.25, 0.3) is 0 Å². The molecule has 0 bridgehead atoms. The van der Waals surface area contributed by atoms with Gasteiger partial charge in [-0.05, 0) is 48.4 Å². The van der Waals surface area contributed by atoms with Crippen LogP contribution in [0, 0.1) is 12.7 Å². The minimum absolute atomic E-state index is 0.0756. The Morgan fingerprint density at radius 1 is 1.15 bits per heavy atom. The lowest BCUT2D eigenvalue weighted by molar-refractivity contribution is 0.305. The molecule has 0 radical (unpaired) electrons. The molecule has 0 saturated heterocycles. The molecule has 20 heavy (non-hydrogen) atoms. The minimum atomic E-state index is -3.72. The summed E-state index contributed by atoms with van der Waals surface area (Å²) in [6, 6.07) is 10.5. The first kappa shape index (κ1) is 14.5. The molecule has 0 unspecified atom stereocenters. The van der Waals surface area contributed by atoms with Crippen LogP contribution in [0.4, 0.5) is 4.39 Å². The minimum Gasteiger partial charge on any atom is -0.489 e. The zero-order chi connectivity index (χ0) is 14.8. The van der Waals surface area contributed by atoms with Crippen LogP contribution in [-0.2, 0) is 16.6 Å². The highest BCUT2D eigenvalue weighted by atomic mass is 32.2. The lowest BCUT2D eigenvalue weighted by atomic mass is 10.2. The normalized spacial score (nSPS) is 11.3. The second kappa shape index (κ2) is 5.60. The Kier molecular flexibility index (Phi) is 4.06. The van der Waals surface area contributed by atoms with Crippen molar-refractivity contribution >= 4 is 10.0 Å². The Hall–Kier alpha value is -1.92.